The second-order valence-electron chi connectivity index (χ2n) is 5.49. The van der Waals surface area contributed by atoms with Crippen LogP contribution < -0.4 is 5.32 Å². The van der Waals surface area contributed by atoms with Crippen LogP contribution in [0, 0.1) is 5.92 Å². The van der Waals surface area contributed by atoms with Gasteiger partial charge in [-0.05, 0) is 12.8 Å². The number of aliphatic hydroxyl groups excluding tert-OH is 1. The fourth-order valence-electron chi connectivity index (χ4n) is 2.19. The lowest BCUT2D eigenvalue weighted by molar-refractivity contribution is -0.157. The van der Waals surface area contributed by atoms with Crippen molar-refractivity contribution in [2.45, 2.75) is 44.4 Å². The molecule has 1 aliphatic rings. The van der Waals surface area contributed by atoms with Crippen LogP contribution in [0.4, 0.5) is 4.79 Å². The van der Waals surface area contributed by atoms with Crippen molar-refractivity contribution in [2.24, 2.45) is 5.92 Å². The summed E-state index contributed by atoms with van der Waals surface area (Å²) in [6, 6.07) is 0. The first-order valence-electron chi connectivity index (χ1n) is 7.36. The highest BCUT2D eigenvalue weighted by molar-refractivity contribution is 7.57. The van der Waals surface area contributed by atoms with Gasteiger partial charge in [-0.15, -0.1) is 0 Å². The molecule has 0 aliphatic heterocycles. The summed E-state index contributed by atoms with van der Waals surface area (Å²) >= 11 is 0. The molecule has 3 N–H and O–H groups in total. The van der Waals surface area contributed by atoms with Gasteiger partial charge in [-0.3, -0.25) is 9.36 Å². The molecule has 0 radical (unpaired) electrons. The van der Waals surface area contributed by atoms with E-state index in [-0.39, 0.29) is 24.9 Å². The third-order valence-electron chi connectivity index (χ3n) is 3.55. The summed E-state index contributed by atoms with van der Waals surface area (Å²) in [6.45, 7) is 0.561. The summed E-state index contributed by atoms with van der Waals surface area (Å²) in [5, 5.41) is 11.6. The minimum Gasteiger partial charge on any atom is -0.428 e. The Morgan fingerprint density at radius 2 is 1.91 bits per heavy atom. The normalized spacial score (nSPS) is 19.8. The van der Waals surface area contributed by atoms with Gasteiger partial charge < -0.3 is 24.8 Å². The monoisotopic (exact) mass is 337 g/mol. The number of alkyl carbamates (subject to hydrolysis) is 1. The molecule has 1 saturated carbocycles. The average Bonchev–Trinajstić information content (AvgIpc) is 2.47. The molecular formula is C13H24NO7P. The van der Waals surface area contributed by atoms with Crippen molar-refractivity contribution in [3.05, 3.63) is 0 Å². The van der Waals surface area contributed by atoms with Gasteiger partial charge >= 0.3 is 12.1 Å². The van der Waals surface area contributed by atoms with Crippen LogP contribution in [-0.4, -0.2) is 47.9 Å². The van der Waals surface area contributed by atoms with Crippen LogP contribution in [0.2, 0.25) is 0 Å². The zero-order chi connectivity index (χ0) is 16.6. The topological polar surface area (TPSA) is 122 Å². The van der Waals surface area contributed by atoms with Gasteiger partial charge in [0.05, 0.1) is 5.92 Å². The Morgan fingerprint density at radius 3 is 2.50 bits per heavy atom. The number of rotatable bonds is 7. The molecule has 0 aromatic rings. The number of esters is 1. The maximum Gasteiger partial charge on any atom is 0.410 e. The Morgan fingerprint density at radius 1 is 1.27 bits per heavy atom. The molecule has 1 fully saturated rings. The summed E-state index contributed by atoms with van der Waals surface area (Å²) in [5.41, 5.74) is 0. The maximum absolute atomic E-state index is 11.7. The van der Waals surface area contributed by atoms with E-state index >= 15 is 0 Å². The molecule has 2 atom stereocenters. The predicted molar refractivity (Wildman–Crippen MR) is 78.4 cm³/mol. The molecule has 8 nitrogen and oxygen atoms in total. The number of carbonyl (C=O) groups is 2. The van der Waals surface area contributed by atoms with Gasteiger partial charge in [0, 0.05) is 19.6 Å². The lowest BCUT2D eigenvalue weighted by atomic mass is 9.89. The lowest BCUT2D eigenvalue weighted by Gasteiger charge is -2.19. The highest BCUT2D eigenvalue weighted by atomic mass is 31.2. The summed E-state index contributed by atoms with van der Waals surface area (Å²) in [4.78, 5) is 32.0. The van der Waals surface area contributed by atoms with Crippen molar-refractivity contribution in [3.63, 3.8) is 0 Å². The SMILES string of the molecule is CP(=O)(O)C(O)CCNC(=O)OCOC(=O)C1CCCCC1. The number of hydrogen-bond donors (Lipinski definition) is 3. The quantitative estimate of drug-likeness (QED) is 0.364. The number of amides is 1. The molecule has 0 aromatic carbocycles. The molecule has 9 heteroatoms. The van der Waals surface area contributed by atoms with Crippen LogP contribution in [0.3, 0.4) is 0 Å². The summed E-state index contributed by atoms with van der Waals surface area (Å²) in [5.74, 6) is -1.86. The molecule has 1 amide bonds. The van der Waals surface area contributed by atoms with Crippen molar-refractivity contribution in [1.29, 1.82) is 0 Å². The summed E-state index contributed by atoms with van der Waals surface area (Å²) in [6.07, 6.45) is 3.88. The Balaban J connectivity index is 2.10. The van der Waals surface area contributed by atoms with E-state index in [1.54, 1.807) is 0 Å². The average molecular weight is 337 g/mol. The maximum atomic E-state index is 11.7. The molecule has 0 aromatic heterocycles. The van der Waals surface area contributed by atoms with E-state index < -0.39 is 26.1 Å². The van der Waals surface area contributed by atoms with Gasteiger partial charge in [-0.25, -0.2) is 4.79 Å². The molecule has 22 heavy (non-hydrogen) atoms. The van der Waals surface area contributed by atoms with Crippen molar-refractivity contribution in [1.82, 2.24) is 5.32 Å². The molecule has 0 saturated heterocycles. The molecule has 0 heterocycles. The number of aliphatic hydroxyl groups is 1. The Kier molecular flexibility index (Phi) is 7.85. The van der Waals surface area contributed by atoms with E-state index in [4.69, 9.17) is 9.63 Å². The van der Waals surface area contributed by atoms with Crippen molar-refractivity contribution in [3.8, 4) is 0 Å². The van der Waals surface area contributed by atoms with E-state index in [0.29, 0.717) is 0 Å². The first-order chi connectivity index (χ1) is 10.3. The van der Waals surface area contributed by atoms with Crippen molar-refractivity contribution in [2.75, 3.05) is 20.0 Å². The van der Waals surface area contributed by atoms with E-state index in [1.165, 1.54) is 0 Å². The largest absolute Gasteiger partial charge is 0.428 e. The van der Waals surface area contributed by atoms with E-state index in [1.807, 2.05) is 0 Å². The molecule has 2 unspecified atom stereocenters. The zero-order valence-electron chi connectivity index (χ0n) is 12.7. The third-order valence-corrected chi connectivity index (χ3v) is 4.92. The number of nitrogens with one attached hydrogen (secondary N) is 1. The second-order valence-corrected chi connectivity index (χ2v) is 7.97. The van der Waals surface area contributed by atoms with Crippen LogP contribution >= 0.6 is 7.37 Å². The lowest BCUT2D eigenvalue weighted by Crippen LogP contribution is -2.29. The molecular weight excluding hydrogens is 313 g/mol. The number of hydrogen-bond acceptors (Lipinski definition) is 6. The minimum atomic E-state index is -3.57. The van der Waals surface area contributed by atoms with Crippen LogP contribution in [0.1, 0.15) is 38.5 Å². The third kappa shape index (κ3) is 7.24. The number of ether oxygens (including phenoxy) is 2. The zero-order valence-corrected chi connectivity index (χ0v) is 13.6. The fraction of sp³-hybridized carbons (Fsp3) is 0.846. The van der Waals surface area contributed by atoms with Gasteiger partial charge in [0.25, 0.3) is 0 Å². The van der Waals surface area contributed by atoms with Crippen LogP contribution in [0.25, 0.3) is 0 Å². The Bertz CT molecular complexity index is 417. The first-order valence-corrected chi connectivity index (χ1v) is 9.53. The highest BCUT2D eigenvalue weighted by Crippen LogP contribution is 2.41. The molecule has 0 spiro atoms. The number of carbonyl (C=O) groups excluding carboxylic acids is 2. The van der Waals surface area contributed by atoms with Crippen LogP contribution in [0.15, 0.2) is 0 Å². The molecule has 128 valence electrons. The van der Waals surface area contributed by atoms with Crippen LogP contribution in [0.5, 0.6) is 0 Å². The van der Waals surface area contributed by atoms with Gasteiger partial charge in [0.2, 0.25) is 14.2 Å². The predicted octanol–water partition coefficient (Wildman–Crippen LogP) is 1.40. The summed E-state index contributed by atoms with van der Waals surface area (Å²) < 4.78 is 20.6. The van der Waals surface area contributed by atoms with Gasteiger partial charge in [0.1, 0.15) is 5.85 Å². The van der Waals surface area contributed by atoms with E-state index in [9.17, 15) is 19.3 Å². The molecule has 1 aliphatic carbocycles. The molecule has 0 bridgehead atoms. The smallest absolute Gasteiger partial charge is 0.410 e. The van der Waals surface area contributed by atoms with Crippen molar-refractivity contribution >= 4 is 19.4 Å². The second kappa shape index (κ2) is 9.12. The van der Waals surface area contributed by atoms with Gasteiger partial charge in [0.15, 0.2) is 0 Å². The standard InChI is InChI=1S/C13H24NO7P/c1-22(18,19)11(15)7-8-14-13(17)21-9-20-12(16)10-5-3-2-4-6-10/h10-11,15H,2-9H2,1H3,(H,14,17)(H,18,19). The van der Waals surface area contributed by atoms with Crippen LogP contribution in [-0.2, 0) is 18.8 Å². The summed E-state index contributed by atoms with van der Waals surface area (Å²) in [7, 11) is -3.57. The first kappa shape index (κ1) is 18.9. The van der Waals surface area contributed by atoms with Gasteiger partial charge in [-0.1, -0.05) is 19.3 Å². The van der Waals surface area contributed by atoms with E-state index in [2.05, 4.69) is 10.1 Å². The Labute approximate surface area is 129 Å². The molecule has 1 rings (SSSR count). The van der Waals surface area contributed by atoms with Gasteiger partial charge in [-0.2, -0.15) is 0 Å². The minimum absolute atomic E-state index is 0.0189. The fourth-order valence-corrected chi connectivity index (χ4v) is 2.80. The van der Waals surface area contributed by atoms with E-state index in [0.717, 1.165) is 38.8 Å². The highest BCUT2D eigenvalue weighted by Gasteiger charge is 2.23. The van der Waals surface area contributed by atoms with Crippen molar-refractivity contribution < 1.29 is 33.6 Å². The Hall–Kier alpha value is -1.11.